The van der Waals surface area contributed by atoms with Crippen LogP contribution in [-0.4, -0.2) is 20.7 Å². The zero-order valence-electron chi connectivity index (χ0n) is 14.7. The molecule has 3 rings (SSSR count). The van der Waals surface area contributed by atoms with Gasteiger partial charge in [-0.1, -0.05) is 47.1 Å². The maximum Gasteiger partial charge on any atom is 0.262 e. The van der Waals surface area contributed by atoms with Crippen LogP contribution in [0.1, 0.15) is 13.8 Å². The smallest absolute Gasteiger partial charge is 0.262 e. The highest BCUT2D eigenvalue weighted by Crippen LogP contribution is 2.28. The molecule has 1 heterocycles. The van der Waals surface area contributed by atoms with Crippen molar-refractivity contribution in [2.24, 2.45) is 0 Å². The number of para-hydroxylation sites is 1. The first-order valence-corrected chi connectivity index (χ1v) is 9.96. The molecule has 0 bridgehead atoms. The molecule has 0 spiro atoms. The van der Waals surface area contributed by atoms with Gasteiger partial charge < -0.3 is 5.32 Å². The van der Waals surface area contributed by atoms with Crippen LogP contribution in [0.2, 0.25) is 10.0 Å². The Morgan fingerprint density at radius 3 is 2.74 bits per heavy atom. The van der Waals surface area contributed by atoms with E-state index >= 15 is 0 Å². The van der Waals surface area contributed by atoms with Gasteiger partial charge in [0.1, 0.15) is 0 Å². The highest BCUT2D eigenvalue weighted by molar-refractivity contribution is 8.00. The number of thioether (sulfide) groups is 1. The fourth-order valence-corrected chi connectivity index (χ4v) is 3.87. The lowest BCUT2D eigenvalue weighted by atomic mass is 10.2. The Balaban J connectivity index is 1.87. The summed E-state index contributed by atoms with van der Waals surface area (Å²) in [5.41, 5.74) is 0.942. The number of hydrogen-bond acceptors (Lipinski definition) is 4. The SMILES string of the molecule is CCn1c(SC(C)C(=O)Nc2cc(Cl)ccc2Cl)nc2ccccc2c1=O. The molecule has 5 nitrogen and oxygen atoms in total. The second-order valence-electron chi connectivity index (χ2n) is 5.83. The summed E-state index contributed by atoms with van der Waals surface area (Å²) >= 11 is 13.3. The van der Waals surface area contributed by atoms with Gasteiger partial charge in [0.25, 0.3) is 5.56 Å². The third-order valence-corrected chi connectivity index (χ3v) is 5.64. The molecule has 0 saturated heterocycles. The number of anilines is 1. The van der Waals surface area contributed by atoms with Crippen molar-refractivity contribution < 1.29 is 4.79 Å². The van der Waals surface area contributed by atoms with E-state index in [1.54, 1.807) is 41.8 Å². The van der Waals surface area contributed by atoms with Crippen LogP contribution < -0.4 is 10.9 Å². The number of carbonyl (C=O) groups is 1. The van der Waals surface area contributed by atoms with Crippen molar-refractivity contribution in [1.29, 1.82) is 0 Å². The van der Waals surface area contributed by atoms with Crippen LogP contribution in [-0.2, 0) is 11.3 Å². The summed E-state index contributed by atoms with van der Waals surface area (Å²) < 4.78 is 1.57. The molecule has 1 unspecified atom stereocenters. The summed E-state index contributed by atoms with van der Waals surface area (Å²) in [6.07, 6.45) is 0. The maximum absolute atomic E-state index is 12.7. The summed E-state index contributed by atoms with van der Waals surface area (Å²) in [7, 11) is 0. The molecule has 0 aliphatic rings. The molecule has 8 heteroatoms. The number of halogens is 2. The number of fused-ring (bicyclic) bond motifs is 1. The quantitative estimate of drug-likeness (QED) is 0.472. The normalized spacial score (nSPS) is 12.1. The van der Waals surface area contributed by atoms with Gasteiger partial charge in [-0.3, -0.25) is 14.2 Å². The van der Waals surface area contributed by atoms with Crippen LogP contribution >= 0.6 is 35.0 Å². The van der Waals surface area contributed by atoms with Crippen LogP contribution in [0.3, 0.4) is 0 Å². The van der Waals surface area contributed by atoms with Crippen LogP contribution in [0.4, 0.5) is 5.69 Å². The van der Waals surface area contributed by atoms with Gasteiger partial charge in [-0.15, -0.1) is 0 Å². The maximum atomic E-state index is 12.7. The topological polar surface area (TPSA) is 64.0 Å². The Labute approximate surface area is 170 Å². The van der Waals surface area contributed by atoms with E-state index in [9.17, 15) is 9.59 Å². The van der Waals surface area contributed by atoms with Gasteiger partial charge in [-0.25, -0.2) is 4.98 Å². The van der Waals surface area contributed by atoms with E-state index < -0.39 is 5.25 Å². The van der Waals surface area contributed by atoms with Crippen molar-refractivity contribution in [3.63, 3.8) is 0 Å². The number of amides is 1. The third kappa shape index (κ3) is 4.29. The highest BCUT2D eigenvalue weighted by atomic mass is 35.5. The van der Waals surface area contributed by atoms with E-state index in [1.165, 1.54) is 11.8 Å². The summed E-state index contributed by atoms with van der Waals surface area (Å²) in [5.74, 6) is -0.255. The summed E-state index contributed by atoms with van der Waals surface area (Å²) in [4.78, 5) is 29.8. The summed E-state index contributed by atoms with van der Waals surface area (Å²) in [6.45, 7) is 4.09. The standard InChI is InChI=1S/C19H17Cl2N3O2S/c1-3-24-18(26)13-6-4-5-7-15(13)23-19(24)27-11(2)17(25)22-16-10-12(20)8-9-14(16)21/h4-11H,3H2,1-2H3,(H,22,25). The largest absolute Gasteiger partial charge is 0.324 e. The Morgan fingerprint density at radius 1 is 1.26 bits per heavy atom. The average molecular weight is 422 g/mol. The molecular formula is C19H17Cl2N3O2S. The molecule has 3 aromatic rings. The highest BCUT2D eigenvalue weighted by Gasteiger charge is 2.20. The predicted octanol–water partition coefficient (Wildman–Crippen LogP) is 4.84. The number of rotatable bonds is 5. The van der Waals surface area contributed by atoms with Crippen LogP contribution in [0, 0.1) is 0 Å². The molecule has 2 aromatic carbocycles. The van der Waals surface area contributed by atoms with Gasteiger partial charge in [0, 0.05) is 11.6 Å². The van der Waals surface area contributed by atoms with Gasteiger partial charge in [-0.2, -0.15) is 0 Å². The first-order valence-electron chi connectivity index (χ1n) is 8.33. The lowest BCUT2D eigenvalue weighted by Gasteiger charge is -2.16. The van der Waals surface area contributed by atoms with Gasteiger partial charge in [-0.05, 0) is 44.2 Å². The molecule has 1 aromatic heterocycles. The summed E-state index contributed by atoms with van der Waals surface area (Å²) in [5, 5.41) is 4.22. The minimum Gasteiger partial charge on any atom is -0.324 e. The van der Waals surface area contributed by atoms with Gasteiger partial charge in [0.15, 0.2) is 5.16 Å². The Hall–Kier alpha value is -2.02. The molecule has 0 radical (unpaired) electrons. The second kappa shape index (κ2) is 8.33. The van der Waals surface area contributed by atoms with Crippen molar-refractivity contribution >= 4 is 57.5 Å². The van der Waals surface area contributed by atoms with Crippen LogP contribution in [0.25, 0.3) is 10.9 Å². The molecule has 27 heavy (non-hydrogen) atoms. The van der Waals surface area contributed by atoms with Gasteiger partial charge >= 0.3 is 0 Å². The fraction of sp³-hybridized carbons (Fsp3) is 0.211. The lowest BCUT2D eigenvalue weighted by molar-refractivity contribution is -0.115. The minimum atomic E-state index is -0.495. The van der Waals surface area contributed by atoms with Crippen molar-refractivity contribution in [3.05, 3.63) is 62.9 Å². The summed E-state index contributed by atoms with van der Waals surface area (Å²) in [6, 6.07) is 12.0. The first kappa shape index (κ1) is 19.7. The Morgan fingerprint density at radius 2 is 2.00 bits per heavy atom. The van der Waals surface area contributed by atoms with E-state index in [2.05, 4.69) is 10.3 Å². The van der Waals surface area contributed by atoms with Crippen molar-refractivity contribution in [3.8, 4) is 0 Å². The molecule has 140 valence electrons. The first-order chi connectivity index (χ1) is 12.9. The molecule has 1 amide bonds. The zero-order valence-corrected chi connectivity index (χ0v) is 17.0. The van der Waals surface area contributed by atoms with Gasteiger partial charge in [0.05, 0.1) is 26.9 Å². The van der Waals surface area contributed by atoms with E-state index in [4.69, 9.17) is 23.2 Å². The zero-order chi connectivity index (χ0) is 19.6. The van der Waals surface area contributed by atoms with Crippen LogP contribution in [0.5, 0.6) is 0 Å². The third-order valence-electron chi connectivity index (χ3n) is 3.98. The molecule has 0 fully saturated rings. The number of nitrogens with one attached hydrogen (secondary N) is 1. The molecule has 0 saturated carbocycles. The lowest BCUT2D eigenvalue weighted by Crippen LogP contribution is -2.26. The number of carbonyl (C=O) groups excluding carboxylic acids is 1. The molecule has 0 aliphatic heterocycles. The molecule has 1 N–H and O–H groups in total. The van der Waals surface area contributed by atoms with Gasteiger partial charge in [0.2, 0.25) is 5.91 Å². The van der Waals surface area contributed by atoms with E-state index in [0.717, 1.165) is 0 Å². The molecular weight excluding hydrogens is 405 g/mol. The monoisotopic (exact) mass is 421 g/mol. The predicted molar refractivity (Wildman–Crippen MR) is 112 cm³/mol. The number of benzene rings is 2. The van der Waals surface area contributed by atoms with E-state index in [0.29, 0.717) is 38.3 Å². The molecule has 1 atom stereocenters. The Bertz CT molecular complexity index is 1070. The van der Waals surface area contributed by atoms with Crippen molar-refractivity contribution in [2.75, 3.05) is 5.32 Å². The fourth-order valence-electron chi connectivity index (χ4n) is 2.56. The van der Waals surface area contributed by atoms with E-state index in [1.807, 2.05) is 19.1 Å². The van der Waals surface area contributed by atoms with Crippen molar-refractivity contribution in [1.82, 2.24) is 9.55 Å². The Kier molecular flexibility index (Phi) is 6.09. The molecule has 0 aliphatic carbocycles. The number of hydrogen-bond donors (Lipinski definition) is 1. The van der Waals surface area contributed by atoms with Crippen LogP contribution in [0.15, 0.2) is 52.4 Å². The minimum absolute atomic E-state index is 0.115. The van der Waals surface area contributed by atoms with Crippen molar-refractivity contribution in [2.45, 2.75) is 30.8 Å². The number of nitrogens with zero attached hydrogens (tertiary/aromatic N) is 2. The number of aromatic nitrogens is 2. The van der Waals surface area contributed by atoms with E-state index in [-0.39, 0.29) is 11.5 Å². The second-order valence-corrected chi connectivity index (χ2v) is 7.99. The average Bonchev–Trinajstić information content (AvgIpc) is 2.65.